The third-order valence-corrected chi connectivity index (χ3v) is 2.02. The van der Waals surface area contributed by atoms with Crippen molar-refractivity contribution in [1.82, 2.24) is 9.97 Å². The zero-order valence-corrected chi connectivity index (χ0v) is 7.07. The van der Waals surface area contributed by atoms with E-state index in [1.54, 1.807) is 0 Å². The molecule has 1 N–H and O–H groups in total. The Balaban J connectivity index is 2.99. The second-order valence-corrected chi connectivity index (χ2v) is 3.45. The van der Waals surface area contributed by atoms with Crippen LogP contribution in [0.5, 0.6) is 0 Å². The van der Waals surface area contributed by atoms with Crippen molar-refractivity contribution in [3.05, 3.63) is 12.0 Å². The number of H-pyrrole nitrogens is 1. The van der Waals surface area contributed by atoms with Gasteiger partial charge in [-0.2, -0.15) is 0 Å². The number of imidazole rings is 1. The lowest BCUT2D eigenvalue weighted by Crippen LogP contribution is -1.95. The molecule has 1 atom stereocenters. The third kappa shape index (κ3) is 1.74. The molecule has 11 heavy (non-hydrogen) atoms. The molecular formula is C6H8N2O2S. The van der Waals surface area contributed by atoms with Gasteiger partial charge in [-0.25, -0.2) is 4.98 Å². The Morgan fingerprint density at radius 3 is 2.64 bits per heavy atom. The summed E-state index contributed by atoms with van der Waals surface area (Å²) in [7, 11) is -1.09. The molecule has 1 heterocycles. The fourth-order valence-electron chi connectivity index (χ4n) is 0.629. The fourth-order valence-corrected chi connectivity index (χ4v) is 1.07. The number of nitrogens with one attached hydrogen (secondary N) is 1. The zero-order valence-electron chi connectivity index (χ0n) is 6.25. The predicted molar refractivity (Wildman–Crippen MR) is 40.9 cm³/mol. The van der Waals surface area contributed by atoms with Crippen LogP contribution in [0.3, 0.4) is 0 Å². The standard InChI is InChI=1S/C6H8N2O2S/c1-4(9)6-7-3-5(8-6)11(2)10/h3H,1-2H3,(H,7,8)/t11-/m1/s1. The monoisotopic (exact) mass is 172 g/mol. The van der Waals surface area contributed by atoms with Gasteiger partial charge < -0.3 is 4.98 Å². The maximum atomic E-state index is 10.8. The highest BCUT2D eigenvalue weighted by Crippen LogP contribution is 2.00. The summed E-state index contributed by atoms with van der Waals surface area (Å²) in [5.74, 6) is 0.108. The van der Waals surface area contributed by atoms with Gasteiger partial charge in [0.05, 0.1) is 17.0 Å². The molecule has 0 fully saturated rings. The van der Waals surface area contributed by atoms with E-state index in [9.17, 15) is 9.00 Å². The van der Waals surface area contributed by atoms with Crippen molar-refractivity contribution >= 4 is 16.6 Å². The van der Waals surface area contributed by atoms with Crippen molar-refractivity contribution in [2.75, 3.05) is 6.26 Å². The van der Waals surface area contributed by atoms with Crippen LogP contribution in [0.1, 0.15) is 17.5 Å². The lowest BCUT2D eigenvalue weighted by atomic mass is 10.4. The van der Waals surface area contributed by atoms with Crippen molar-refractivity contribution in [2.24, 2.45) is 0 Å². The molecule has 0 amide bonds. The van der Waals surface area contributed by atoms with E-state index in [0.717, 1.165) is 0 Å². The van der Waals surface area contributed by atoms with Gasteiger partial charge in [0.25, 0.3) is 0 Å². The second-order valence-electron chi connectivity index (χ2n) is 2.11. The Kier molecular flexibility index (Phi) is 2.19. The highest BCUT2D eigenvalue weighted by atomic mass is 32.2. The summed E-state index contributed by atoms with van der Waals surface area (Å²) in [6.07, 6.45) is 2.93. The van der Waals surface area contributed by atoms with Gasteiger partial charge >= 0.3 is 0 Å². The van der Waals surface area contributed by atoms with Gasteiger partial charge in [0, 0.05) is 13.2 Å². The number of hydrogen-bond acceptors (Lipinski definition) is 3. The van der Waals surface area contributed by atoms with Gasteiger partial charge in [0.2, 0.25) is 0 Å². The van der Waals surface area contributed by atoms with E-state index in [4.69, 9.17) is 0 Å². The number of ketones is 1. The fraction of sp³-hybridized carbons (Fsp3) is 0.333. The van der Waals surface area contributed by atoms with Crippen molar-refractivity contribution in [2.45, 2.75) is 11.9 Å². The average Bonchev–Trinajstić information content (AvgIpc) is 2.33. The smallest absolute Gasteiger partial charge is 0.195 e. The Hall–Kier alpha value is -0.970. The van der Waals surface area contributed by atoms with Crippen LogP contribution in [0.15, 0.2) is 11.2 Å². The van der Waals surface area contributed by atoms with Crippen molar-refractivity contribution < 1.29 is 9.00 Å². The van der Waals surface area contributed by atoms with E-state index >= 15 is 0 Å². The summed E-state index contributed by atoms with van der Waals surface area (Å²) < 4.78 is 10.8. The molecule has 0 aliphatic carbocycles. The molecular weight excluding hydrogens is 164 g/mol. The quantitative estimate of drug-likeness (QED) is 0.655. The summed E-state index contributed by atoms with van der Waals surface area (Å²) >= 11 is 0. The number of carbonyl (C=O) groups is 1. The summed E-state index contributed by atoms with van der Waals surface area (Å²) in [5.41, 5.74) is 0. The largest absolute Gasteiger partial charge is 0.329 e. The number of hydrogen-bond donors (Lipinski definition) is 1. The molecule has 0 saturated heterocycles. The van der Waals surface area contributed by atoms with E-state index in [-0.39, 0.29) is 11.6 Å². The first-order chi connectivity index (χ1) is 5.11. The number of Topliss-reactive ketones (excluding diaryl/α,β-unsaturated/α-hetero) is 1. The first-order valence-corrected chi connectivity index (χ1v) is 4.56. The summed E-state index contributed by atoms with van der Waals surface area (Å²) in [6.45, 7) is 1.40. The van der Waals surface area contributed by atoms with Gasteiger partial charge in [-0.15, -0.1) is 0 Å². The van der Waals surface area contributed by atoms with Crippen LogP contribution in [-0.2, 0) is 10.8 Å². The number of aromatic amines is 1. The van der Waals surface area contributed by atoms with Gasteiger partial charge in [0.15, 0.2) is 11.6 Å². The summed E-state index contributed by atoms with van der Waals surface area (Å²) in [4.78, 5) is 17.1. The predicted octanol–water partition coefficient (Wildman–Crippen LogP) is 0.350. The van der Waals surface area contributed by atoms with E-state index in [1.807, 2.05) is 0 Å². The highest BCUT2D eigenvalue weighted by molar-refractivity contribution is 7.84. The van der Waals surface area contributed by atoms with Crippen molar-refractivity contribution in [3.63, 3.8) is 0 Å². The van der Waals surface area contributed by atoms with Crippen molar-refractivity contribution in [1.29, 1.82) is 0 Å². The summed E-state index contributed by atoms with van der Waals surface area (Å²) in [5, 5.41) is 0.482. The van der Waals surface area contributed by atoms with E-state index in [2.05, 4.69) is 9.97 Å². The molecule has 0 aliphatic rings. The molecule has 0 unspecified atom stereocenters. The molecule has 1 aromatic heterocycles. The van der Waals surface area contributed by atoms with E-state index < -0.39 is 10.8 Å². The maximum absolute atomic E-state index is 10.8. The molecule has 1 aromatic rings. The molecule has 1 rings (SSSR count). The molecule has 0 saturated carbocycles. The molecule has 0 bridgehead atoms. The lowest BCUT2D eigenvalue weighted by molar-refractivity contribution is 0.100. The first kappa shape index (κ1) is 8.13. The van der Waals surface area contributed by atoms with Crippen LogP contribution in [0.4, 0.5) is 0 Å². The normalized spacial score (nSPS) is 12.9. The third-order valence-electron chi connectivity index (χ3n) is 1.20. The van der Waals surface area contributed by atoms with Gasteiger partial charge in [-0.1, -0.05) is 0 Å². The van der Waals surface area contributed by atoms with Crippen LogP contribution in [-0.4, -0.2) is 26.2 Å². The first-order valence-electron chi connectivity index (χ1n) is 3.00. The number of carbonyl (C=O) groups excluding carboxylic acids is 1. The molecule has 0 aliphatic heterocycles. The van der Waals surface area contributed by atoms with Crippen LogP contribution < -0.4 is 0 Å². The van der Waals surface area contributed by atoms with Gasteiger partial charge in [-0.3, -0.25) is 9.00 Å². The zero-order chi connectivity index (χ0) is 8.43. The van der Waals surface area contributed by atoms with E-state index in [1.165, 1.54) is 19.4 Å². The lowest BCUT2D eigenvalue weighted by Gasteiger charge is -1.86. The molecule has 4 nitrogen and oxygen atoms in total. The van der Waals surface area contributed by atoms with Gasteiger partial charge in [0.1, 0.15) is 5.03 Å². The minimum atomic E-state index is -1.09. The van der Waals surface area contributed by atoms with Crippen LogP contribution in [0.2, 0.25) is 0 Å². The molecule has 60 valence electrons. The number of nitrogens with zero attached hydrogens (tertiary/aromatic N) is 1. The van der Waals surface area contributed by atoms with E-state index in [0.29, 0.717) is 5.03 Å². The average molecular weight is 172 g/mol. The Morgan fingerprint density at radius 1 is 1.73 bits per heavy atom. The van der Waals surface area contributed by atoms with Crippen molar-refractivity contribution in [3.8, 4) is 0 Å². The minimum absolute atomic E-state index is 0.151. The maximum Gasteiger partial charge on any atom is 0.195 e. The highest BCUT2D eigenvalue weighted by Gasteiger charge is 2.05. The molecule has 5 heteroatoms. The Labute approximate surface area is 66.5 Å². The molecule has 0 spiro atoms. The van der Waals surface area contributed by atoms with Crippen LogP contribution >= 0.6 is 0 Å². The SMILES string of the molecule is CC(=O)c1ncc([S@@](C)=O)[nH]1. The topological polar surface area (TPSA) is 62.8 Å². The number of aromatic nitrogens is 2. The Morgan fingerprint density at radius 2 is 2.36 bits per heavy atom. The molecule has 0 radical (unpaired) electrons. The second kappa shape index (κ2) is 2.96. The summed E-state index contributed by atoms with van der Waals surface area (Å²) in [6, 6.07) is 0. The van der Waals surface area contributed by atoms with Gasteiger partial charge in [-0.05, 0) is 0 Å². The molecule has 0 aromatic carbocycles. The minimum Gasteiger partial charge on any atom is -0.329 e. The Bertz CT molecular complexity index is 277. The van der Waals surface area contributed by atoms with Crippen LogP contribution in [0, 0.1) is 0 Å². The van der Waals surface area contributed by atoms with Crippen LogP contribution in [0.25, 0.3) is 0 Å². The number of rotatable bonds is 2.